The Labute approximate surface area is 75.6 Å². The summed E-state index contributed by atoms with van der Waals surface area (Å²) in [5, 5.41) is 0. The predicted octanol–water partition coefficient (Wildman–Crippen LogP) is 2.65. The summed E-state index contributed by atoms with van der Waals surface area (Å²) in [6.45, 7) is 4.44. The zero-order chi connectivity index (χ0) is 9.03. The lowest BCUT2D eigenvalue weighted by Crippen LogP contribution is -2.26. The van der Waals surface area contributed by atoms with E-state index in [2.05, 4.69) is 42.9 Å². The zero-order valence-electron chi connectivity index (χ0n) is 7.67. The molecular formula is C11H14Si. The van der Waals surface area contributed by atoms with Gasteiger partial charge in [-0.25, -0.2) is 0 Å². The van der Waals surface area contributed by atoms with Crippen LogP contribution in [-0.4, -0.2) is 8.07 Å². The van der Waals surface area contributed by atoms with Gasteiger partial charge >= 0.3 is 0 Å². The van der Waals surface area contributed by atoms with Crippen LogP contribution < -0.4 is 0 Å². The van der Waals surface area contributed by atoms with E-state index in [-0.39, 0.29) is 0 Å². The van der Waals surface area contributed by atoms with Gasteiger partial charge in [0.2, 0.25) is 0 Å². The van der Waals surface area contributed by atoms with Crippen molar-refractivity contribution in [2.45, 2.75) is 19.1 Å². The molecule has 0 spiro atoms. The van der Waals surface area contributed by atoms with Gasteiger partial charge in [-0.3, -0.25) is 0 Å². The van der Waals surface area contributed by atoms with E-state index >= 15 is 0 Å². The van der Waals surface area contributed by atoms with Crippen LogP contribution in [0, 0.1) is 12.0 Å². The van der Waals surface area contributed by atoms with Crippen LogP contribution in [-0.2, 0) is 6.04 Å². The van der Waals surface area contributed by atoms with Gasteiger partial charge in [0.05, 0.1) is 0 Å². The molecule has 0 saturated carbocycles. The van der Waals surface area contributed by atoms with Crippen molar-refractivity contribution in [3.63, 3.8) is 0 Å². The van der Waals surface area contributed by atoms with Gasteiger partial charge in [-0.05, 0) is 11.6 Å². The fourth-order valence-electron chi connectivity index (χ4n) is 1.16. The highest BCUT2D eigenvalue weighted by Gasteiger charge is 2.17. The number of rotatable bonds is 2. The Morgan fingerprint density at radius 3 is 2.33 bits per heavy atom. The average Bonchev–Trinajstić information content (AvgIpc) is 2.06. The van der Waals surface area contributed by atoms with Gasteiger partial charge in [0.25, 0.3) is 0 Å². The lowest BCUT2D eigenvalue weighted by atomic mass is 10.2. The highest BCUT2D eigenvalue weighted by molar-refractivity contribution is 6.84. The monoisotopic (exact) mass is 174 g/mol. The SMILES string of the molecule is C#C[Si](C)(C)Cc1ccccc1. The molecule has 12 heavy (non-hydrogen) atoms. The molecule has 62 valence electrons. The zero-order valence-corrected chi connectivity index (χ0v) is 8.67. The van der Waals surface area contributed by atoms with Gasteiger partial charge in [-0.2, -0.15) is 0 Å². The molecule has 0 fully saturated rings. The Kier molecular flexibility index (Phi) is 2.72. The molecule has 0 heterocycles. The minimum absolute atomic E-state index is 1.09. The summed E-state index contributed by atoms with van der Waals surface area (Å²) in [7, 11) is -1.39. The van der Waals surface area contributed by atoms with E-state index in [0.717, 1.165) is 6.04 Å². The minimum Gasteiger partial charge on any atom is -0.135 e. The Morgan fingerprint density at radius 1 is 1.25 bits per heavy atom. The maximum absolute atomic E-state index is 5.47. The summed E-state index contributed by atoms with van der Waals surface area (Å²) in [6.07, 6.45) is 5.47. The van der Waals surface area contributed by atoms with Crippen LogP contribution in [0.2, 0.25) is 13.1 Å². The van der Waals surface area contributed by atoms with Crippen LogP contribution in [0.5, 0.6) is 0 Å². The van der Waals surface area contributed by atoms with Crippen molar-refractivity contribution in [3.05, 3.63) is 35.9 Å². The molecule has 0 aliphatic heterocycles. The molecule has 1 rings (SSSR count). The summed E-state index contributed by atoms with van der Waals surface area (Å²) in [6, 6.07) is 11.5. The Balaban J connectivity index is 2.72. The molecule has 0 N–H and O–H groups in total. The number of hydrogen-bond acceptors (Lipinski definition) is 0. The van der Waals surface area contributed by atoms with Crippen molar-refractivity contribution in [2.24, 2.45) is 0 Å². The van der Waals surface area contributed by atoms with Crippen LogP contribution in [0.1, 0.15) is 5.56 Å². The molecule has 0 aliphatic rings. The fraction of sp³-hybridized carbons (Fsp3) is 0.273. The van der Waals surface area contributed by atoms with Crippen LogP contribution in [0.15, 0.2) is 30.3 Å². The molecule has 0 unspecified atom stereocenters. The third-order valence-electron chi connectivity index (χ3n) is 1.88. The Bertz CT molecular complexity index is 280. The largest absolute Gasteiger partial charge is 0.136 e. The summed E-state index contributed by atoms with van der Waals surface area (Å²) in [5.74, 6) is 0. The first-order valence-corrected chi connectivity index (χ1v) is 7.36. The molecule has 0 saturated heterocycles. The molecule has 0 radical (unpaired) electrons. The quantitative estimate of drug-likeness (QED) is 0.477. The van der Waals surface area contributed by atoms with Crippen molar-refractivity contribution in [3.8, 4) is 12.0 Å². The molecule has 0 amide bonds. The average molecular weight is 174 g/mol. The maximum atomic E-state index is 5.47. The summed E-state index contributed by atoms with van der Waals surface area (Å²) >= 11 is 0. The van der Waals surface area contributed by atoms with Crippen molar-refractivity contribution in [1.82, 2.24) is 0 Å². The third kappa shape index (κ3) is 2.56. The molecule has 1 aromatic carbocycles. The van der Waals surface area contributed by atoms with E-state index in [4.69, 9.17) is 6.42 Å². The van der Waals surface area contributed by atoms with Gasteiger partial charge in [0, 0.05) is 0 Å². The molecule has 0 atom stereocenters. The first kappa shape index (κ1) is 9.09. The standard InChI is InChI=1S/C11H14Si/c1-4-12(2,3)10-11-8-6-5-7-9-11/h1,5-9H,10H2,2-3H3. The second-order valence-electron chi connectivity index (χ2n) is 3.69. The Hall–Kier alpha value is -1.00. The first-order chi connectivity index (χ1) is 5.64. The van der Waals surface area contributed by atoms with Crippen LogP contribution in [0.25, 0.3) is 0 Å². The fourth-order valence-corrected chi connectivity index (χ4v) is 2.52. The number of benzene rings is 1. The molecule has 0 nitrogen and oxygen atoms in total. The maximum Gasteiger partial charge on any atom is 0.136 e. The van der Waals surface area contributed by atoms with E-state index in [1.807, 2.05) is 6.07 Å². The van der Waals surface area contributed by atoms with Crippen molar-refractivity contribution in [2.75, 3.05) is 0 Å². The molecule has 0 bridgehead atoms. The van der Waals surface area contributed by atoms with Gasteiger partial charge in [0.1, 0.15) is 8.07 Å². The van der Waals surface area contributed by atoms with Crippen molar-refractivity contribution >= 4 is 8.07 Å². The molecular weight excluding hydrogens is 160 g/mol. The van der Waals surface area contributed by atoms with Crippen molar-refractivity contribution < 1.29 is 0 Å². The second-order valence-corrected chi connectivity index (χ2v) is 8.10. The summed E-state index contributed by atoms with van der Waals surface area (Å²) < 4.78 is 0. The van der Waals surface area contributed by atoms with Gasteiger partial charge < -0.3 is 0 Å². The van der Waals surface area contributed by atoms with Gasteiger partial charge in [0.15, 0.2) is 0 Å². The lowest BCUT2D eigenvalue weighted by Gasteiger charge is -2.13. The normalized spacial score (nSPS) is 10.8. The molecule has 1 aromatic rings. The number of terminal acetylenes is 1. The van der Waals surface area contributed by atoms with E-state index in [1.54, 1.807) is 0 Å². The molecule has 0 aliphatic carbocycles. The summed E-state index contributed by atoms with van der Waals surface area (Å²) in [5.41, 5.74) is 4.30. The first-order valence-electron chi connectivity index (χ1n) is 4.16. The topological polar surface area (TPSA) is 0 Å². The highest BCUT2D eigenvalue weighted by atomic mass is 28.3. The van der Waals surface area contributed by atoms with Crippen LogP contribution >= 0.6 is 0 Å². The van der Waals surface area contributed by atoms with Crippen LogP contribution in [0.4, 0.5) is 0 Å². The number of hydrogen-bond donors (Lipinski definition) is 0. The minimum atomic E-state index is -1.39. The second kappa shape index (κ2) is 3.60. The van der Waals surface area contributed by atoms with E-state index in [0.29, 0.717) is 0 Å². The Morgan fingerprint density at radius 2 is 1.83 bits per heavy atom. The lowest BCUT2D eigenvalue weighted by molar-refractivity contribution is 1.33. The smallest absolute Gasteiger partial charge is 0.135 e. The van der Waals surface area contributed by atoms with E-state index < -0.39 is 8.07 Å². The predicted molar refractivity (Wildman–Crippen MR) is 56.5 cm³/mol. The third-order valence-corrected chi connectivity index (χ3v) is 3.95. The molecule has 0 aromatic heterocycles. The van der Waals surface area contributed by atoms with Crippen LogP contribution in [0.3, 0.4) is 0 Å². The van der Waals surface area contributed by atoms with Crippen molar-refractivity contribution in [1.29, 1.82) is 0 Å². The molecule has 1 heteroatoms. The summed E-state index contributed by atoms with van der Waals surface area (Å²) in [4.78, 5) is 0. The van der Waals surface area contributed by atoms with Gasteiger partial charge in [-0.1, -0.05) is 43.4 Å². The highest BCUT2D eigenvalue weighted by Crippen LogP contribution is 2.09. The van der Waals surface area contributed by atoms with E-state index in [9.17, 15) is 0 Å². The van der Waals surface area contributed by atoms with Gasteiger partial charge in [-0.15, -0.1) is 12.0 Å². The van der Waals surface area contributed by atoms with E-state index in [1.165, 1.54) is 5.56 Å².